The minimum absolute atomic E-state index is 0.0398. The van der Waals surface area contributed by atoms with Crippen LogP contribution < -0.4 is 20.1 Å². The van der Waals surface area contributed by atoms with Crippen LogP contribution in [0.25, 0.3) is 10.8 Å². The average Bonchev–Trinajstić information content (AvgIpc) is 3.60. The molecule has 154 valence electrons. The van der Waals surface area contributed by atoms with Gasteiger partial charge >= 0.3 is 0 Å². The van der Waals surface area contributed by atoms with E-state index in [0.717, 1.165) is 23.6 Å². The van der Waals surface area contributed by atoms with Gasteiger partial charge in [-0.25, -0.2) is 0 Å². The zero-order valence-corrected chi connectivity index (χ0v) is 17.0. The molecule has 1 aliphatic rings. The van der Waals surface area contributed by atoms with E-state index in [-0.39, 0.29) is 17.7 Å². The number of hydrogen-bond donors (Lipinski definition) is 2. The Kier molecular flexibility index (Phi) is 5.57. The maximum Gasteiger partial charge on any atom is 0.257 e. The molecule has 0 bridgehead atoms. The number of carbonyl (C=O) groups excluding carboxylic acids is 2. The monoisotopic (exact) mass is 404 g/mol. The van der Waals surface area contributed by atoms with E-state index in [4.69, 9.17) is 9.47 Å². The van der Waals surface area contributed by atoms with Crippen molar-refractivity contribution >= 4 is 34.0 Å². The molecule has 0 unspecified atom stereocenters. The molecule has 2 amide bonds. The van der Waals surface area contributed by atoms with Gasteiger partial charge in [-0.1, -0.05) is 24.3 Å². The number of amides is 2. The standard InChI is InChI=1S/C24H24N2O4/c1-3-30-21-11-10-18(14-22(21)29-2)25-24(28)19-12-16-6-4-5-7-17(16)13-20(19)26-23(27)15-8-9-15/h4-7,10-15H,3,8-9H2,1-2H3,(H,25,28)(H,26,27). The molecule has 3 aromatic rings. The van der Waals surface area contributed by atoms with Crippen LogP contribution in [0.15, 0.2) is 54.6 Å². The average molecular weight is 404 g/mol. The Morgan fingerprint density at radius 1 is 0.967 bits per heavy atom. The van der Waals surface area contributed by atoms with E-state index < -0.39 is 0 Å². The highest BCUT2D eigenvalue weighted by molar-refractivity contribution is 6.13. The summed E-state index contributed by atoms with van der Waals surface area (Å²) in [4.78, 5) is 25.5. The molecule has 2 N–H and O–H groups in total. The first-order valence-corrected chi connectivity index (χ1v) is 10.0. The Labute approximate surface area is 175 Å². The van der Waals surface area contributed by atoms with Gasteiger partial charge in [-0.15, -0.1) is 0 Å². The lowest BCUT2D eigenvalue weighted by Gasteiger charge is -2.15. The highest BCUT2D eigenvalue weighted by Gasteiger charge is 2.30. The summed E-state index contributed by atoms with van der Waals surface area (Å²) in [7, 11) is 1.55. The third kappa shape index (κ3) is 4.22. The molecule has 1 fully saturated rings. The Balaban J connectivity index is 1.65. The summed E-state index contributed by atoms with van der Waals surface area (Å²) in [6.45, 7) is 2.41. The van der Waals surface area contributed by atoms with Crippen molar-refractivity contribution in [3.05, 3.63) is 60.2 Å². The van der Waals surface area contributed by atoms with Crippen LogP contribution in [0.5, 0.6) is 11.5 Å². The number of benzene rings is 3. The van der Waals surface area contributed by atoms with E-state index in [1.807, 2.05) is 37.3 Å². The molecule has 0 saturated heterocycles. The lowest BCUT2D eigenvalue weighted by Crippen LogP contribution is -2.19. The van der Waals surface area contributed by atoms with Gasteiger partial charge < -0.3 is 20.1 Å². The van der Waals surface area contributed by atoms with E-state index in [0.29, 0.717) is 35.0 Å². The highest BCUT2D eigenvalue weighted by atomic mass is 16.5. The maximum atomic E-state index is 13.1. The van der Waals surface area contributed by atoms with Crippen molar-refractivity contribution in [3.8, 4) is 11.5 Å². The van der Waals surface area contributed by atoms with Crippen molar-refractivity contribution in [1.82, 2.24) is 0 Å². The zero-order valence-electron chi connectivity index (χ0n) is 17.0. The third-order valence-corrected chi connectivity index (χ3v) is 5.06. The highest BCUT2D eigenvalue weighted by Crippen LogP contribution is 2.33. The number of anilines is 2. The molecule has 6 heteroatoms. The van der Waals surface area contributed by atoms with Crippen LogP contribution in [0, 0.1) is 5.92 Å². The van der Waals surface area contributed by atoms with Crippen molar-refractivity contribution in [2.75, 3.05) is 24.4 Å². The van der Waals surface area contributed by atoms with Crippen LogP contribution in [-0.4, -0.2) is 25.5 Å². The molecule has 0 aliphatic heterocycles. The van der Waals surface area contributed by atoms with Crippen LogP contribution in [0.4, 0.5) is 11.4 Å². The van der Waals surface area contributed by atoms with Crippen LogP contribution >= 0.6 is 0 Å². The molecule has 30 heavy (non-hydrogen) atoms. The van der Waals surface area contributed by atoms with Gasteiger partial charge in [0.05, 0.1) is 25.0 Å². The minimum Gasteiger partial charge on any atom is -0.493 e. The minimum atomic E-state index is -0.307. The molecule has 4 rings (SSSR count). The second-order valence-corrected chi connectivity index (χ2v) is 7.26. The first kappa shape index (κ1) is 19.8. The smallest absolute Gasteiger partial charge is 0.257 e. The number of ether oxygens (including phenoxy) is 2. The van der Waals surface area contributed by atoms with Crippen LogP contribution in [-0.2, 0) is 4.79 Å². The van der Waals surface area contributed by atoms with Crippen molar-refractivity contribution in [2.24, 2.45) is 5.92 Å². The number of carbonyl (C=O) groups is 2. The molecule has 1 saturated carbocycles. The molecule has 0 spiro atoms. The molecule has 0 aromatic heterocycles. The first-order valence-electron chi connectivity index (χ1n) is 10.0. The van der Waals surface area contributed by atoms with Crippen molar-refractivity contribution in [2.45, 2.75) is 19.8 Å². The molecule has 6 nitrogen and oxygen atoms in total. The Morgan fingerprint density at radius 3 is 2.37 bits per heavy atom. The lowest BCUT2D eigenvalue weighted by atomic mass is 10.0. The van der Waals surface area contributed by atoms with E-state index in [2.05, 4.69) is 10.6 Å². The number of nitrogens with one attached hydrogen (secondary N) is 2. The van der Waals surface area contributed by atoms with E-state index in [9.17, 15) is 9.59 Å². The van der Waals surface area contributed by atoms with Gasteiger partial charge in [0.2, 0.25) is 5.91 Å². The Hall–Kier alpha value is -3.54. The van der Waals surface area contributed by atoms with Gasteiger partial charge in [-0.3, -0.25) is 9.59 Å². The predicted octanol–water partition coefficient (Wildman–Crippen LogP) is 4.85. The molecule has 0 heterocycles. The summed E-state index contributed by atoms with van der Waals surface area (Å²) in [5.41, 5.74) is 1.50. The Bertz CT molecular complexity index is 1110. The van der Waals surface area contributed by atoms with Crippen molar-refractivity contribution in [1.29, 1.82) is 0 Å². The van der Waals surface area contributed by atoms with E-state index >= 15 is 0 Å². The van der Waals surface area contributed by atoms with Gasteiger partial charge in [-0.05, 0) is 54.8 Å². The lowest BCUT2D eigenvalue weighted by molar-refractivity contribution is -0.117. The summed E-state index contributed by atoms with van der Waals surface area (Å²) < 4.78 is 10.9. The summed E-state index contributed by atoms with van der Waals surface area (Å²) >= 11 is 0. The Morgan fingerprint density at radius 2 is 1.70 bits per heavy atom. The van der Waals surface area contributed by atoms with Crippen LogP contribution in [0.2, 0.25) is 0 Å². The number of fused-ring (bicyclic) bond motifs is 1. The van der Waals surface area contributed by atoms with Crippen LogP contribution in [0.1, 0.15) is 30.1 Å². The molecule has 1 aliphatic carbocycles. The largest absolute Gasteiger partial charge is 0.493 e. The number of methoxy groups -OCH3 is 1. The zero-order chi connectivity index (χ0) is 21.1. The second kappa shape index (κ2) is 8.45. The second-order valence-electron chi connectivity index (χ2n) is 7.26. The summed E-state index contributed by atoms with van der Waals surface area (Å²) in [6, 6.07) is 16.6. The molecule has 0 atom stereocenters. The van der Waals surface area contributed by atoms with Crippen LogP contribution in [0.3, 0.4) is 0 Å². The molecular weight excluding hydrogens is 380 g/mol. The normalized spacial score (nSPS) is 13.0. The molecular formula is C24H24N2O4. The maximum absolute atomic E-state index is 13.1. The van der Waals surface area contributed by atoms with Gasteiger partial charge in [-0.2, -0.15) is 0 Å². The number of rotatable bonds is 7. The van der Waals surface area contributed by atoms with Gasteiger partial charge in [0, 0.05) is 17.7 Å². The fraction of sp³-hybridized carbons (Fsp3) is 0.250. The fourth-order valence-electron chi connectivity index (χ4n) is 3.33. The third-order valence-electron chi connectivity index (χ3n) is 5.06. The SMILES string of the molecule is CCOc1ccc(NC(=O)c2cc3ccccc3cc2NC(=O)C2CC2)cc1OC. The van der Waals surface area contributed by atoms with Gasteiger partial charge in [0.25, 0.3) is 5.91 Å². The van der Waals surface area contributed by atoms with Gasteiger partial charge in [0.15, 0.2) is 11.5 Å². The molecule has 3 aromatic carbocycles. The summed E-state index contributed by atoms with van der Waals surface area (Å²) in [6.07, 6.45) is 1.79. The summed E-state index contributed by atoms with van der Waals surface area (Å²) in [5.74, 6) is 0.847. The van der Waals surface area contributed by atoms with E-state index in [1.165, 1.54) is 0 Å². The van der Waals surface area contributed by atoms with Crippen molar-refractivity contribution in [3.63, 3.8) is 0 Å². The topological polar surface area (TPSA) is 76.7 Å². The van der Waals surface area contributed by atoms with Gasteiger partial charge in [0.1, 0.15) is 0 Å². The number of hydrogen-bond acceptors (Lipinski definition) is 4. The molecule has 0 radical (unpaired) electrons. The van der Waals surface area contributed by atoms with Crippen molar-refractivity contribution < 1.29 is 19.1 Å². The fourth-order valence-corrected chi connectivity index (χ4v) is 3.33. The summed E-state index contributed by atoms with van der Waals surface area (Å²) in [5, 5.41) is 7.72. The first-order chi connectivity index (χ1) is 14.6. The van der Waals surface area contributed by atoms with E-state index in [1.54, 1.807) is 31.4 Å². The predicted molar refractivity (Wildman–Crippen MR) is 117 cm³/mol. The quantitative estimate of drug-likeness (QED) is 0.590.